The molecule has 12 heavy (non-hydrogen) atoms. The highest BCUT2D eigenvalue weighted by Crippen LogP contribution is 2.20. The van der Waals surface area contributed by atoms with Gasteiger partial charge in [-0.1, -0.05) is 0 Å². The van der Waals surface area contributed by atoms with E-state index in [9.17, 15) is 0 Å². The van der Waals surface area contributed by atoms with Crippen LogP contribution in [0.25, 0.3) is 0 Å². The fourth-order valence-electron chi connectivity index (χ4n) is 1.77. The Morgan fingerprint density at radius 2 is 1.58 bits per heavy atom. The Balaban J connectivity index is 1.94. The van der Waals surface area contributed by atoms with Crippen molar-refractivity contribution in [3.8, 4) is 0 Å². The second-order valence-corrected chi connectivity index (χ2v) is 3.54. The number of hydrazine groups is 1. The summed E-state index contributed by atoms with van der Waals surface area (Å²) >= 11 is 0. The highest BCUT2D eigenvalue weighted by Gasteiger charge is 2.37. The minimum absolute atomic E-state index is 0.293. The van der Waals surface area contributed by atoms with E-state index in [2.05, 4.69) is 24.1 Å². The van der Waals surface area contributed by atoms with Crippen LogP contribution < -0.4 is 0 Å². The first kappa shape index (κ1) is 8.44. The summed E-state index contributed by atoms with van der Waals surface area (Å²) in [5.41, 5.74) is 0. The molecule has 0 aromatic rings. The predicted molar refractivity (Wildman–Crippen MR) is 44.7 cm³/mol. The molecule has 2 atom stereocenters. The van der Waals surface area contributed by atoms with Gasteiger partial charge in [0, 0.05) is 27.2 Å². The molecule has 4 heteroatoms. The largest absolute Gasteiger partial charge is 0.372 e. The molecule has 2 aliphatic heterocycles. The van der Waals surface area contributed by atoms with E-state index in [4.69, 9.17) is 9.47 Å². The molecule has 2 heterocycles. The third kappa shape index (κ3) is 1.47. The van der Waals surface area contributed by atoms with Crippen LogP contribution in [0.1, 0.15) is 0 Å². The van der Waals surface area contributed by atoms with Crippen LogP contribution in [-0.2, 0) is 9.47 Å². The maximum atomic E-state index is 5.59. The third-order valence-electron chi connectivity index (χ3n) is 2.51. The molecule has 0 saturated carbocycles. The lowest BCUT2D eigenvalue weighted by Gasteiger charge is -2.24. The van der Waals surface area contributed by atoms with Crippen molar-refractivity contribution in [2.45, 2.75) is 12.2 Å². The molecular formula is C8H16N2O2. The first-order valence-electron chi connectivity index (χ1n) is 4.43. The third-order valence-corrected chi connectivity index (χ3v) is 2.51. The molecule has 0 aromatic carbocycles. The highest BCUT2D eigenvalue weighted by atomic mass is 16.6. The lowest BCUT2D eigenvalue weighted by molar-refractivity contribution is -0.116. The molecule has 0 radical (unpaired) electrons. The summed E-state index contributed by atoms with van der Waals surface area (Å²) < 4.78 is 11.2. The Hall–Kier alpha value is -0.160. The maximum Gasteiger partial charge on any atom is 0.0991 e. The molecule has 0 aliphatic carbocycles. The zero-order valence-corrected chi connectivity index (χ0v) is 7.69. The Morgan fingerprint density at radius 3 is 2.00 bits per heavy atom. The first-order chi connectivity index (χ1) is 5.77. The fourth-order valence-corrected chi connectivity index (χ4v) is 1.77. The molecule has 2 aliphatic rings. The maximum absolute atomic E-state index is 5.59. The van der Waals surface area contributed by atoms with Gasteiger partial charge in [-0.05, 0) is 0 Å². The Kier molecular flexibility index (Phi) is 2.32. The summed E-state index contributed by atoms with van der Waals surface area (Å²) in [7, 11) is 4.11. The second-order valence-electron chi connectivity index (χ2n) is 3.54. The first-order valence-corrected chi connectivity index (χ1v) is 4.43. The van der Waals surface area contributed by atoms with Crippen LogP contribution >= 0.6 is 0 Å². The molecule has 2 unspecified atom stereocenters. The fraction of sp³-hybridized carbons (Fsp3) is 1.00. The van der Waals surface area contributed by atoms with Crippen molar-refractivity contribution in [2.24, 2.45) is 0 Å². The van der Waals surface area contributed by atoms with E-state index in [1.54, 1.807) is 0 Å². The van der Waals surface area contributed by atoms with Crippen molar-refractivity contribution < 1.29 is 9.47 Å². The summed E-state index contributed by atoms with van der Waals surface area (Å²) in [6.45, 7) is 3.44. The van der Waals surface area contributed by atoms with Crippen LogP contribution in [0.5, 0.6) is 0 Å². The molecular weight excluding hydrogens is 156 g/mol. The van der Waals surface area contributed by atoms with Gasteiger partial charge >= 0.3 is 0 Å². The molecule has 2 saturated heterocycles. The number of hydrogen-bond acceptors (Lipinski definition) is 4. The number of fused-ring (bicyclic) bond motifs is 1. The van der Waals surface area contributed by atoms with Gasteiger partial charge in [0.1, 0.15) is 0 Å². The van der Waals surface area contributed by atoms with Gasteiger partial charge in [-0.2, -0.15) is 0 Å². The van der Waals surface area contributed by atoms with E-state index >= 15 is 0 Å². The summed E-state index contributed by atoms with van der Waals surface area (Å²) in [5.74, 6) is 0. The van der Waals surface area contributed by atoms with Gasteiger partial charge in [0.15, 0.2) is 0 Å². The van der Waals surface area contributed by atoms with E-state index < -0.39 is 0 Å². The highest BCUT2D eigenvalue weighted by molar-refractivity contribution is 4.85. The van der Waals surface area contributed by atoms with E-state index in [1.165, 1.54) is 0 Å². The normalized spacial score (nSPS) is 37.2. The van der Waals surface area contributed by atoms with E-state index in [0.29, 0.717) is 12.2 Å². The molecule has 0 spiro atoms. The zero-order chi connectivity index (χ0) is 8.55. The van der Waals surface area contributed by atoms with Crippen LogP contribution in [0.15, 0.2) is 0 Å². The molecule has 0 N–H and O–H groups in total. The van der Waals surface area contributed by atoms with Gasteiger partial charge in [0.2, 0.25) is 0 Å². The van der Waals surface area contributed by atoms with Crippen molar-refractivity contribution >= 4 is 0 Å². The van der Waals surface area contributed by atoms with Crippen LogP contribution in [-0.4, -0.2) is 62.6 Å². The predicted octanol–water partition coefficient (Wildman–Crippen LogP) is -0.437. The average molecular weight is 172 g/mol. The summed E-state index contributed by atoms with van der Waals surface area (Å²) in [6.07, 6.45) is 0.585. The minimum atomic E-state index is 0.293. The quantitative estimate of drug-likeness (QED) is 0.535. The molecule has 0 bridgehead atoms. The van der Waals surface area contributed by atoms with E-state index in [1.807, 2.05) is 0 Å². The van der Waals surface area contributed by atoms with Crippen molar-refractivity contribution in [3.63, 3.8) is 0 Å². The molecule has 2 rings (SSSR count). The minimum Gasteiger partial charge on any atom is -0.372 e. The number of rotatable bonds is 1. The zero-order valence-electron chi connectivity index (χ0n) is 7.69. The van der Waals surface area contributed by atoms with Crippen molar-refractivity contribution in [3.05, 3.63) is 0 Å². The van der Waals surface area contributed by atoms with Gasteiger partial charge in [-0.15, -0.1) is 0 Å². The lowest BCUT2D eigenvalue weighted by Crippen LogP contribution is -2.36. The van der Waals surface area contributed by atoms with Crippen LogP contribution in [0.4, 0.5) is 0 Å². The number of nitrogens with zero attached hydrogens (tertiary/aromatic N) is 2. The second kappa shape index (κ2) is 3.30. The molecule has 0 amide bonds. The summed E-state index contributed by atoms with van der Waals surface area (Å²) in [4.78, 5) is 0. The van der Waals surface area contributed by atoms with Gasteiger partial charge < -0.3 is 9.47 Å². The van der Waals surface area contributed by atoms with Crippen molar-refractivity contribution in [1.82, 2.24) is 10.0 Å². The van der Waals surface area contributed by atoms with E-state index in [-0.39, 0.29) is 0 Å². The van der Waals surface area contributed by atoms with Crippen molar-refractivity contribution in [2.75, 3.05) is 40.4 Å². The van der Waals surface area contributed by atoms with Gasteiger partial charge in [-0.3, -0.25) is 0 Å². The monoisotopic (exact) mass is 172 g/mol. The molecule has 70 valence electrons. The average Bonchev–Trinajstić information content (AvgIpc) is 2.46. The summed E-state index contributed by atoms with van der Waals surface area (Å²) in [6, 6.07) is 0. The van der Waals surface area contributed by atoms with Crippen LogP contribution in [0, 0.1) is 0 Å². The lowest BCUT2D eigenvalue weighted by atomic mass is 10.2. The van der Waals surface area contributed by atoms with Gasteiger partial charge in [-0.25, -0.2) is 10.0 Å². The molecule has 2 fully saturated rings. The Bertz CT molecular complexity index is 149. The topological polar surface area (TPSA) is 24.9 Å². The Morgan fingerprint density at radius 1 is 1.08 bits per heavy atom. The van der Waals surface area contributed by atoms with Crippen LogP contribution in [0.3, 0.4) is 0 Å². The van der Waals surface area contributed by atoms with Crippen molar-refractivity contribution in [1.29, 1.82) is 0 Å². The smallest absolute Gasteiger partial charge is 0.0991 e. The van der Waals surface area contributed by atoms with Gasteiger partial charge in [0.05, 0.1) is 25.4 Å². The van der Waals surface area contributed by atoms with E-state index in [0.717, 1.165) is 26.3 Å². The van der Waals surface area contributed by atoms with Crippen LogP contribution in [0.2, 0.25) is 0 Å². The molecule has 4 nitrogen and oxygen atoms in total. The summed E-state index contributed by atoms with van der Waals surface area (Å²) in [5, 5.41) is 4.35. The molecule has 0 aromatic heterocycles. The standard InChI is InChI=1S/C8H16N2O2/c1-9(2)10-5-7-8(6-10)12-4-3-11-7/h7-8H,3-6H2,1-2H3. The van der Waals surface area contributed by atoms with Gasteiger partial charge in [0.25, 0.3) is 0 Å². The number of hydrogen-bond donors (Lipinski definition) is 0. The number of ether oxygens (including phenoxy) is 2. The SMILES string of the molecule is CN(C)N1CC2OCCOC2C1. The Labute approximate surface area is 73.0 Å².